The number of hydrogen-bond acceptors (Lipinski definition) is 3. The quantitative estimate of drug-likeness (QED) is 0.926. The van der Waals surface area contributed by atoms with Gasteiger partial charge in [0.25, 0.3) is 0 Å². The normalized spacial score (nSPS) is 27.7. The predicted molar refractivity (Wildman–Crippen MR) is 83.0 cm³/mol. The fourth-order valence-corrected chi connectivity index (χ4v) is 3.86. The van der Waals surface area contributed by atoms with Crippen LogP contribution in [0.25, 0.3) is 0 Å². The van der Waals surface area contributed by atoms with Crippen LogP contribution < -0.4 is 5.73 Å². The summed E-state index contributed by atoms with van der Waals surface area (Å²) in [5.74, 6) is 0.493. The minimum Gasteiger partial charge on any atom is -0.328 e. The van der Waals surface area contributed by atoms with Crippen LogP contribution in [0, 0.1) is 5.92 Å². The van der Waals surface area contributed by atoms with E-state index in [1.165, 1.54) is 32.1 Å². The van der Waals surface area contributed by atoms with Gasteiger partial charge in [-0.25, -0.2) is 0 Å². The summed E-state index contributed by atoms with van der Waals surface area (Å²) in [5.41, 5.74) is 6.92. The van der Waals surface area contributed by atoms with Gasteiger partial charge >= 0.3 is 0 Å². The molecule has 116 valence electrons. The molecule has 0 bridgehead atoms. The molecule has 2 unspecified atom stereocenters. The van der Waals surface area contributed by atoms with Crippen LogP contribution in [-0.2, 0) is 11.2 Å². The highest BCUT2D eigenvalue weighted by molar-refractivity contribution is 5.83. The van der Waals surface area contributed by atoms with Crippen LogP contribution in [0.1, 0.15) is 69.5 Å². The first-order valence-electron chi connectivity index (χ1n) is 8.54. The molecule has 1 aromatic heterocycles. The molecule has 3 rings (SSSR count). The van der Waals surface area contributed by atoms with Crippen LogP contribution in [0.3, 0.4) is 0 Å². The average molecular weight is 289 g/mol. The molecule has 0 aliphatic heterocycles. The Morgan fingerprint density at radius 2 is 2.00 bits per heavy atom. The standard InChI is InChI=1S/C17H27N3O/c18-14-6-4-5-13(11-14)17(21)12-15-9-10-20(19-15)16-7-2-1-3-8-16/h9-10,13-14,16H,1-8,11-12,18H2. The molecule has 1 aromatic rings. The second-order valence-electron chi connectivity index (χ2n) is 6.85. The molecule has 0 saturated heterocycles. The first-order valence-corrected chi connectivity index (χ1v) is 8.54. The molecule has 0 aromatic carbocycles. The zero-order valence-electron chi connectivity index (χ0n) is 12.8. The summed E-state index contributed by atoms with van der Waals surface area (Å²) in [6.07, 6.45) is 13.0. The molecule has 0 amide bonds. The number of carbonyl (C=O) groups is 1. The Bertz CT molecular complexity index is 476. The number of Topliss-reactive ketones (excluding diaryl/α,β-unsaturated/α-hetero) is 1. The minimum atomic E-state index is 0.161. The highest BCUT2D eigenvalue weighted by Crippen LogP contribution is 2.28. The Labute approximate surface area is 127 Å². The van der Waals surface area contributed by atoms with E-state index >= 15 is 0 Å². The first kappa shape index (κ1) is 14.8. The lowest BCUT2D eigenvalue weighted by Gasteiger charge is -2.25. The summed E-state index contributed by atoms with van der Waals surface area (Å²) in [5, 5.41) is 4.65. The Balaban J connectivity index is 1.57. The average Bonchev–Trinajstić information content (AvgIpc) is 2.97. The van der Waals surface area contributed by atoms with E-state index in [-0.39, 0.29) is 12.0 Å². The van der Waals surface area contributed by atoms with Crippen LogP contribution in [0.15, 0.2) is 12.3 Å². The van der Waals surface area contributed by atoms with E-state index in [1.54, 1.807) is 0 Å². The fourth-order valence-electron chi connectivity index (χ4n) is 3.86. The zero-order chi connectivity index (χ0) is 14.7. The largest absolute Gasteiger partial charge is 0.328 e. The van der Waals surface area contributed by atoms with E-state index in [0.29, 0.717) is 18.2 Å². The smallest absolute Gasteiger partial charge is 0.142 e. The molecule has 2 N–H and O–H groups in total. The third-order valence-corrected chi connectivity index (χ3v) is 5.14. The van der Waals surface area contributed by atoms with Crippen LogP contribution >= 0.6 is 0 Å². The molecule has 0 radical (unpaired) electrons. The van der Waals surface area contributed by atoms with Gasteiger partial charge in [0.2, 0.25) is 0 Å². The topological polar surface area (TPSA) is 60.9 Å². The van der Waals surface area contributed by atoms with E-state index in [2.05, 4.69) is 16.0 Å². The van der Waals surface area contributed by atoms with Gasteiger partial charge in [-0.3, -0.25) is 9.48 Å². The highest BCUT2D eigenvalue weighted by Gasteiger charge is 2.26. The summed E-state index contributed by atoms with van der Waals surface area (Å²) in [4.78, 5) is 12.4. The first-order chi connectivity index (χ1) is 10.2. The molecule has 2 saturated carbocycles. The lowest BCUT2D eigenvalue weighted by Crippen LogP contribution is -2.32. The van der Waals surface area contributed by atoms with Crippen molar-refractivity contribution in [2.24, 2.45) is 11.7 Å². The maximum atomic E-state index is 12.4. The van der Waals surface area contributed by atoms with E-state index in [9.17, 15) is 4.79 Å². The molecular formula is C17H27N3O. The Kier molecular flexibility index (Phi) is 4.73. The monoisotopic (exact) mass is 289 g/mol. The number of ketones is 1. The van der Waals surface area contributed by atoms with Gasteiger partial charge < -0.3 is 5.73 Å². The van der Waals surface area contributed by atoms with Crippen molar-refractivity contribution >= 4 is 5.78 Å². The Morgan fingerprint density at radius 3 is 2.76 bits per heavy atom. The van der Waals surface area contributed by atoms with Crippen molar-refractivity contribution in [2.45, 2.75) is 76.3 Å². The van der Waals surface area contributed by atoms with E-state index < -0.39 is 0 Å². The van der Waals surface area contributed by atoms with Crippen molar-refractivity contribution in [1.29, 1.82) is 0 Å². The molecule has 2 aliphatic carbocycles. The molecular weight excluding hydrogens is 262 g/mol. The SMILES string of the molecule is NC1CCCC(C(=O)Cc2ccn(C3CCCCC3)n2)C1. The molecule has 2 aliphatic rings. The molecule has 4 heteroatoms. The zero-order valence-corrected chi connectivity index (χ0v) is 12.8. The van der Waals surface area contributed by atoms with Crippen molar-refractivity contribution in [2.75, 3.05) is 0 Å². The van der Waals surface area contributed by atoms with Crippen molar-refractivity contribution in [3.8, 4) is 0 Å². The van der Waals surface area contributed by atoms with Crippen molar-refractivity contribution < 1.29 is 4.79 Å². The van der Waals surface area contributed by atoms with Crippen molar-refractivity contribution in [1.82, 2.24) is 9.78 Å². The lowest BCUT2D eigenvalue weighted by molar-refractivity contribution is -0.123. The third-order valence-electron chi connectivity index (χ3n) is 5.14. The van der Waals surface area contributed by atoms with Gasteiger partial charge in [-0.1, -0.05) is 25.7 Å². The van der Waals surface area contributed by atoms with E-state index in [1.807, 2.05) is 6.07 Å². The number of nitrogens with zero attached hydrogens (tertiary/aromatic N) is 2. The van der Waals surface area contributed by atoms with E-state index in [0.717, 1.165) is 31.4 Å². The molecule has 2 atom stereocenters. The van der Waals surface area contributed by atoms with Gasteiger partial charge in [-0.15, -0.1) is 0 Å². The van der Waals surface area contributed by atoms with Gasteiger partial charge in [-0.05, 0) is 38.2 Å². The van der Waals surface area contributed by atoms with Crippen molar-refractivity contribution in [3.05, 3.63) is 18.0 Å². The molecule has 0 spiro atoms. The summed E-state index contributed by atoms with van der Waals surface area (Å²) >= 11 is 0. The summed E-state index contributed by atoms with van der Waals surface area (Å²) in [7, 11) is 0. The number of nitrogens with two attached hydrogens (primary N) is 1. The van der Waals surface area contributed by atoms with Gasteiger partial charge in [0.1, 0.15) is 5.78 Å². The molecule has 4 nitrogen and oxygen atoms in total. The Morgan fingerprint density at radius 1 is 1.19 bits per heavy atom. The second kappa shape index (κ2) is 6.73. The molecule has 2 fully saturated rings. The van der Waals surface area contributed by atoms with Crippen LogP contribution in [-0.4, -0.2) is 21.6 Å². The van der Waals surface area contributed by atoms with E-state index in [4.69, 9.17) is 5.73 Å². The highest BCUT2D eigenvalue weighted by atomic mass is 16.1. The maximum Gasteiger partial charge on any atom is 0.142 e. The number of rotatable bonds is 4. The second-order valence-corrected chi connectivity index (χ2v) is 6.85. The molecule has 21 heavy (non-hydrogen) atoms. The number of carbonyl (C=O) groups excluding carboxylic acids is 1. The summed E-state index contributed by atoms with van der Waals surface area (Å²) < 4.78 is 2.09. The third kappa shape index (κ3) is 3.73. The van der Waals surface area contributed by atoms with Crippen LogP contribution in [0.5, 0.6) is 0 Å². The Hall–Kier alpha value is -1.16. The lowest BCUT2D eigenvalue weighted by atomic mass is 9.82. The van der Waals surface area contributed by atoms with Gasteiger partial charge in [-0.2, -0.15) is 5.10 Å². The van der Waals surface area contributed by atoms with Gasteiger partial charge in [0.15, 0.2) is 0 Å². The number of hydrogen-bond donors (Lipinski definition) is 1. The summed E-state index contributed by atoms with van der Waals surface area (Å²) in [6, 6.07) is 2.79. The van der Waals surface area contributed by atoms with Gasteiger partial charge in [0, 0.05) is 18.2 Å². The number of aromatic nitrogens is 2. The van der Waals surface area contributed by atoms with Gasteiger partial charge in [0.05, 0.1) is 18.2 Å². The van der Waals surface area contributed by atoms with Crippen molar-refractivity contribution in [3.63, 3.8) is 0 Å². The fraction of sp³-hybridized carbons (Fsp3) is 0.765. The van der Waals surface area contributed by atoms with Crippen LogP contribution in [0.4, 0.5) is 0 Å². The van der Waals surface area contributed by atoms with Crippen LogP contribution in [0.2, 0.25) is 0 Å². The molecule has 1 heterocycles. The summed E-state index contributed by atoms with van der Waals surface area (Å²) in [6.45, 7) is 0. The maximum absolute atomic E-state index is 12.4. The minimum absolute atomic E-state index is 0.161. The predicted octanol–water partition coefficient (Wildman–Crippen LogP) is 3.02.